The molecule has 2 rings (SSSR count). The third-order valence-electron chi connectivity index (χ3n) is 2.97. The fraction of sp³-hybridized carbons (Fsp3) is 0.286. The van der Waals surface area contributed by atoms with Crippen LogP contribution in [-0.4, -0.2) is 6.29 Å². The molecule has 1 aliphatic carbocycles. The van der Waals surface area contributed by atoms with Crippen molar-refractivity contribution in [2.75, 3.05) is 0 Å². The molecule has 0 N–H and O–H groups in total. The average Bonchev–Trinajstić information content (AvgIpc) is 3.11. The molecule has 0 atom stereocenters. The SMILES string of the molecule is N#CC1(c2ccc(C=CCC=O)cc2)CC1. The van der Waals surface area contributed by atoms with Gasteiger partial charge in [-0.2, -0.15) is 5.26 Å². The fourth-order valence-corrected chi connectivity index (χ4v) is 1.76. The third-order valence-corrected chi connectivity index (χ3v) is 2.97. The highest BCUT2D eigenvalue weighted by molar-refractivity contribution is 5.58. The second kappa shape index (κ2) is 4.32. The number of nitrogens with zero attached hydrogens (tertiary/aromatic N) is 1. The van der Waals surface area contributed by atoms with Gasteiger partial charge >= 0.3 is 0 Å². The van der Waals surface area contributed by atoms with Crippen LogP contribution in [0.5, 0.6) is 0 Å². The van der Waals surface area contributed by atoms with E-state index in [4.69, 9.17) is 5.26 Å². The topological polar surface area (TPSA) is 40.9 Å². The molecular formula is C14H13NO. The van der Waals surface area contributed by atoms with Crippen molar-refractivity contribution < 1.29 is 4.79 Å². The quantitative estimate of drug-likeness (QED) is 0.718. The maximum absolute atomic E-state index is 10.1. The molecule has 2 heteroatoms. The van der Waals surface area contributed by atoms with E-state index in [0.29, 0.717) is 6.42 Å². The fourth-order valence-electron chi connectivity index (χ4n) is 1.76. The van der Waals surface area contributed by atoms with Crippen LogP contribution >= 0.6 is 0 Å². The van der Waals surface area contributed by atoms with E-state index in [1.165, 1.54) is 0 Å². The van der Waals surface area contributed by atoms with Gasteiger partial charge in [0.2, 0.25) is 0 Å². The first-order chi connectivity index (χ1) is 7.80. The minimum atomic E-state index is -0.203. The number of aldehydes is 1. The number of hydrogen-bond acceptors (Lipinski definition) is 2. The van der Waals surface area contributed by atoms with E-state index in [-0.39, 0.29) is 5.41 Å². The van der Waals surface area contributed by atoms with Gasteiger partial charge < -0.3 is 4.79 Å². The molecule has 0 bridgehead atoms. The number of hydrogen-bond donors (Lipinski definition) is 0. The summed E-state index contributed by atoms with van der Waals surface area (Å²) >= 11 is 0. The number of carbonyl (C=O) groups is 1. The minimum absolute atomic E-state index is 0.203. The molecule has 0 radical (unpaired) electrons. The van der Waals surface area contributed by atoms with Crippen molar-refractivity contribution >= 4 is 12.4 Å². The molecule has 0 spiro atoms. The Balaban J connectivity index is 2.11. The first-order valence-corrected chi connectivity index (χ1v) is 5.43. The number of nitriles is 1. The summed E-state index contributed by atoms with van der Waals surface area (Å²) in [5, 5.41) is 9.05. The second-order valence-corrected chi connectivity index (χ2v) is 4.12. The van der Waals surface area contributed by atoms with Crippen molar-refractivity contribution in [1.82, 2.24) is 0 Å². The van der Waals surface area contributed by atoms with E-state index >= 15 is 0 Å². The molecule has 1 aromatic carbocycles. The lowest BCUT2D eigenvalue weighted by Crippen LogP contribution is -2.01. The number of carbonyl (C=O) groups excluding carboxylic acids is 1. The maximum atomic E-state index is 10.1. The molecule has 1 fully saturated rings. The van der Waals surface area contributed by atoms with Crippen LogP contribution in [0.25, 0.3) is 6.08 Å². The monoisotopic (exact) mass is 211 g/mol. The van der Waals surface area contributed by atoms with Crippen LogP contribution < -0.4 is 0 Å². The Labute approximate surface area is 95.2 Å². The molecule has 1 aromatic rings. The largest absolute Gasteiger partial charge is 0.303 e. The molecule has 0 amide bonds. The van der Waals surface area contributed by atoms with Crippen LogP contribution in [0, 0.1) is 11.3 Å². The smallest absolute Gasteiger partial charge is 0.123 e. The normalized spacial score (nSPS) is 16.9. The van der Waals surface area contributed by atoms with Crippen molar-refractivity contribution in [3.63, 3.8) is 0 Å². The van der Waals surface area contributed by atoms with Gasteiger partial charge in [0.25, 0.3) is 0 Å². The zero-order valence-corrected chi connectivity index (χ0v) is 9.02. The van der Waals surface area contributed by atoms with E-state index in [1.54, 1.807) is 0 Å². The summed E-state index contributed by atoms with van der Waals surface area (Å²) in [7, 11) is 0. The predicted molar refractivity (Wildman–Crippen MR) is 62.7 cm³/mol. The number of rotatable bonds is 4. The first-order valence-electron chi connectivity index (χ1n) is 5.43. The van der Waals surface area contributed by atoms with Crippen LogP contribution in [0.4, 0.5) is 0 Å². The van der Waals surface area contributed by atoms with Gasteiger partial charge in [0.15, 0.2) is 0 Å². The van der Waals surface area contributed by atoms with Crippen molar-refractivity contribution in [3.05, 3.63) is 41.5 Å². The number of benzene rings is 1. The molecule has 0 unspecified atom stereocenters. The van der Waals surface area contributed by atoms with Gasteiger partial charge in [-0.25, -0.2) is 0 Å². The predicted octanol–water partition coefficient (Wildman–Crippen LogP) is 2.84. The molecule has 0 saturated heterocycles. The summed E-state index contributed by atoms with van der Waals surface area (Å²) in [5.74, 6) is 0. The van der Waals surface area contributed by atoms with Gasteiger partial charge in [0.05, 0.1) is 11.5 Å². The van der Waals surface area contributed by atoms with E-state index < -0.39 is 0 Å². The van der Waals surface area contributed by atoms with Gasteiger partial charge in [0, 0.05) is 6.42 Å². The van der Waals surface area contributed by atoms with E-state index in [1.807, 2.05) is 36.4 Å². The highest BCUT2D eigenvalue weighted by Gasteiger charge is 2.44. The molecule has 16 heavy (non-hydrogen) atoms. The molecule has 0 heterocycles. The van der Waals surface area contributed by atoms with Gasteiger partial charge in [-0.1, -0.05) is 36.4 Å². The van der Waals surface area contributed by atoms with Crippen LogP contribution in [0.1, 0.15) is 30.4 Å². The lowest BCUT2D eigenvalue weighted by atomic mass is 9.96. The number of allylic oxidation sites excluding steroid dienone is 1. The zero-order valence-electron chi connectivity index (χ0n) is 9.02. The summed E-state index contributed by atoms with van der Waals surface area (Å²) in [6, 6.07) is 10.4. The van der Waals surface area contributed by atoms with Gasteiger partial charge in [-0.3, -0.25) is 0 Å². The molecule has 2 nitrogen and oxygen atoms in total. The Hall–Kier alpha value is -1.88. The van der Waals surface area contributed by atoms with E-state index in [2.05, 4.69) is 6.07 Å². The maximum Gasteiger partial charge on any atom is 0.123 e. The molecule has 80 valence electrons. The van der Waals surface area contributed by atoms with Crippen molar-refractivity contribution in [1.29, 1.82) is 5.26 Å². The third kappa shape index (κ3) is 2.04. The molecule has 0 aromatic heterocycles. The van der Waals surface area contributed by atoms with Gasteiger partial charge in [-0.15, -0.1) is 0 Å². The van der Waals surface area contributed by atoms with E-state index in [0.717, 1.165) is 30.3 Å². The summed E-state index contributed by atoms with van der Waals surface area (Å²) < 4.78 is 0. The second-order valence-electron chi connectivity index (χ2n) is 4.12. The molecular weight excluding hydrogens is 198 g/mol. The lowest BCUT2D eigenvalue weighted by Gasteiger charge is -2.05. The van der Waals surface area contributed by atoms with Crippen molar-refractivity contribution in [2.45, 2.75) is 24.7 Å². The Morgan fingerprint density at radius 3 is 2.50 bits per heavy atom. The summed E-state index contributed by atoms with van der Waals surface area (Å²) in [5.41, 5.74) is 1.98. The summed E-state index contributed by atoms with van der Waals surface area (Å²) in [6.45, 7) is 0. The Kier molecular flexibility index (Phi) is 2.87. The average molecular weight is 211 g/mol. The van der Waals surface area contributed by atoms with Crippen molar-refractivity contribution in [2.24, 2.45) is 0 Å². The van der Waals surface area contributed by atoms with Crippen LogP contribution in [0.2, 0.25) is 0 Å². The molecule has 0 aliphatic heterocycles. The molecule has 1 saturated carbocycles. The lowest BCUT2D eigenvalue weighted by molar-refractivity contribution is -0.107. The minimum Gasteiger partial charge on any atom is -0.303 e. The highest BCUT2D eigenvalue weighted by atomic mass is 16.1. The Morgan fingerprint density at radius 1 is 1.31 bits per heavy atom. The summed E-state index contributed by atoms with van der Waals surface area (Å²) in [4.78, 5) is 10.1. The van der Waals surface area contributed by atoms with Gasteiger partial charge in [0.1, 0.15) is 6.29 Å². The standard InChI is InChI=1S/C14H13NO/c15-11-14(8-9-14)13-6-4-12(5-7-13)3-1-2-10-16/h1,3-7,10H,2,8-9H2. The van der Waals surface area contributed by atoms with E-state index in [9.17, 15) is 4.79 Å². The van der Waals surface area contributed by atoms with Crippen LogP contribution in [0.15, 0.2) is 30.3 Å². The van der Waals surface area contributed by atoms with Crippen molar-refractivity contribution in [3.8, 4) is 6.07 Å². The first kappa shape index (κ1) is 10.6. The van der Waals surface area contributed by atoms with Gasteiger partial charge in [-0.05, 0) is 24.0 Å². The molecule has 1 aliphatic rings. The van der Waals surface area contributed by atoms with Crippen LogP contribution in [-0.2, 0) is 10.2 Å². The van der Waals surface area contributed by atoms with Crippen LogP contribution in [0.3, 0.4) is 0 Å². The highest BCUT2D eigenvalue weighted by Crippen LogP contribution is 2.47. The summed E-state index contributed by atoms with van der Waals surface area (Å²) in [6.07, 6.45) is 7.03. The Morgan fingerprint density at radius 2 is 2.00 bits per heavy atom. The Bertz CT molecular complexity index is 447. The zero-order chi connectivity index (χ0) is 11.4.